The summed E-state index contributed by atoms with van der Waals surface area (Å²) in [5, 5.41) is 23.2. The van der Waals surface area contributed by atoms with Gasteiger partial charge in [0, 0.05) is 30.4 Å². The number of anilines is 2. The minimum atomic E-state index is -4.63. The van der Waals surface area contributed by atoms with Crippen molar-refractivity contribution in [2.45, 2.75) is 70.9 Å². The lowest BCUT2D eigenvalue weighted by molar-refractivity contribution is -0.137. The molecule has 1 saturated heterocycles. The number of alkyl halides is 3. The number of rotatable bonds is 7. The molecule has 13 nitrogen and oxygen atoms in total. The molecule has 54 heavy (non-hydrogen) atoms. The Kier molecular flexibility index (Phi) is 9.16. The lowest BCUT2D eigenvalue weighted by Crippen LogP contribution is -2.67. The fourth-order valence-corrected chi connectivity index (χ4v) is 7.26. The number of piperazine rings is 1. The van der Waals surface area contributed by atoms with Crippen LogP contribution in [0.1, 0.15) is 59.7 Å². The lowest BCUT2D eigenvalue weighted by Gasteiger charge is -2.54. The maximum Gasteiger partial charge on any atom is 0.416 e. The number of fused-ring (bicyclic) bond motifs is 2. The van der Waals surface area contributed by atoms with Crippen molar-refractivity contribution in [3.8, 4) is 17.2 Å². The quantitative estimate of drug-likeness (QED) is 0.184. The smallest absolute Gasteiger partial charge is 0.416 e. The summed E-state index contributed by atoms with van der Waals surface area (Å²) in [4.78, 5) is 57.7. The van der Waals surface area contributed by atoms with Gasteiger partial charge in [0.25, 0.3) is 5.91 Å². The molecule has 282 valence electrons. The van der Waals surface area contributed by atoms with E-state index < -0.39 is 41.1 Å². The number of pyridine rings is 1. The van der Waals surface area contributed by atoms with Crippen LogP contribution in [0.3, 0.4) is 0 Å². The third kappa shape index (κ3) is 6.53. The number of benzene rings is 2. The first-order valence-electron chi connectivity index (χ1n) is 17.1. The number of carbonyl (C=O) groups is 2. The third-order valence-corrected chi connectivity index (χ3v) is 10.4. The monoisotopic (exact) mass is 765 g/mol. The average Bonchev–Trinajstić information content (AvgIpc) is 3.54. The van der Waals surface area contributed by atoms with E-state index >= 15 is 0 Å². The van der Waals surface area contributed by atoms with Crippen molar-refractivity contribution >= 4 is 46.0 Å². The van der Waals surface area contributed by atoms with Crippen molar-refractivity contribution in [2.75, 3.05) is 23.3 Å². The molecule has 2 aliphatic rings. The molecule has 2 unspecified atom stereocenters. The van der Waals surface area contributed by atoms with Gasteiger partial charge in [-0.05, 0) is 76.4 Å². The van der Waals surface area contributed by atoms with E-state index in [2.05, 4.69) is 20.3 Å². The highest BCUT2D eigenvalue weighted by Crippen LogP contribution is 2.39. The Morgan fingerprint density at radius 2 is 1.70 bits per heavy atom. The van der Waals surface area contributed by atoms with Crippen molar-refractivity contribution in [1.82, 2.24) is 24.4 Å². The van der Waals surface area contributed by atoms with Crippen LogP contribution in [-0.4, -0.2) is 71.6 Å². The molecule has 2 amide bonds. The second-order valence-electron chi connectivity index (χ2n) is 14.0. The van der Waals surface area contributed by atoms with Crippen LogP contribution in [0, 0.1) is 13.8 Å². The van der Waals surface area contributed by atoms with E-state index in [0.29, 0.717) is 29.7 Å². The molecule has 17 heteroatoms. The normalized spacial score (nSPS) is 17.4. The molecule has 7 rings (SSSR count). The predicted octanol–water partition coefficient (Wildman–Crippen LogP) is 5.80. The molecule has 0 spiro atoms. The Bertz CT molecular complexity index is 2370. The minimum Gasteiger partial charge on any atom is -0.504 e. The second-order valence-corrected chi connectivity index (χ2v) is 14.4. The zero-order valence-electron chi connectivity index (χ0n) is 29.5. The van der Waals surface area contributed by atoms with Crippen LogP contribution in [0.2, 0.25) is 5.02 Å². The maximum atomic E-state index is 14.4. The largest absolute Gasteiger partial charge is 0.504 e. The van der Waals surface area contributed by atoms with Crippen LogP contribution in [0.25, 0.3) is 22.7 Å². The van der Waals surface area contributed by atoms with E-state index in [4.69, 9.17) is 16.0 Å². The van der Waals surface area contributed by atoms with Crippen molar-refractivity contribution in [1.29, 1.82) is 0 Å². The molecule has 1 saturated carbocycles. The standard InChI is InChI=1S/C37H35ClF3N7O6/c1-18-30(50)28(43-17-42-18)35(52)47-14-13-46(25-11-12-26(25)47)29-19(2)48(16-27(49)44-24-10-9-22(15-23(24)38)37(39,40)41)33-32(31(29)51)54-34(45-33)20-5-7-21(8-6-20)36(3,4)53/h5-10,15,17,25-26,50,53H,11-14,16H2,1-4H3,(H,44,49). The number of aromatic nitrogens is 4. The van der Waals surface area contributed by atoms with Crippen LogP contribution in [0.5, 0.6) is 5.75 Å². The Morgan fingerprint density at radius 3 is 2.33 bits per heavy atom. The van der Waals surface area contributed by atoms with Gasteiger partial charge in [-0.15, -0.1) is 0 Å². The first kappa shape index (κ1) is 36.9. The highest BCUT2D eigenvalue weighted by molar-refractivity contribution is 6.33. The van der Waals surface area contributed by atoms with Crippen molar-refractivity contribution < 1.29 is 37.4 Å². The molecule has 0 radical (unpaired) electrons. The van der Waals surface area contributed by atoms with Crippen LogP contribution >= 0.6 is 11.6 Å². The summed E-state index contributed by atoms with van der Waals surface area (Å²) in [6.07, 6.45) is -2.14. The Labute approximate surface area is 311 Å². The number of carbonyl (C=O) groups excluding carboxylic acids is 2. The Balaban J connectivity index is 1.27. The van der Waals surface area contributed by atoms with Gasteiger partial charge in [-0.3, -0.25) is 14.4 Å². The Morgan fingerprint density at radius 1 is 1.02 bits per heavy atom. The van der Waals surface area contributed by atoms with E-state index in [9.17, 15) is 37.8 Å². The SMILES string of the molecule is Cc1ncnc(C(=O)N2CCN(c3c(C)n(CC(=O)Nc4ccc(C(F)(F)F)cc4Cl)c4nc(-c5ccc(C(C)(C)O)cc5)oc4c3=O)C3CCC32)c1O. The molecule has 3 aromatic heterocycles. The molecule has 3 N–H and O–H groups in total. The maximum absolute atomic E-state index is 14.4. The van der Waals surface area contributed by atoms with Gasteiger partial charge in [-0.2, -0.15) is 18.2 Å². The summed E-state index contributed by atoms with van der Waals surface area (Å²) in [5.41, 5.74) is -0.766. The van der Waals surface area contributed by atoms with Gasteiger partial charge in [0.05, 0.1) is 33.6 Å². The molecule has 1 aliphatic carbocycles. The number of oxazole rings is 1. The van der Waals surface area contributed by atoms with Crippen LogP contribution < -0.4 is 15.6 Å². The van der Waals surface area contributed by atoms with Gasteiger partial charge in [-0.25, -0.2) is 9.97 Å². The molecule has 2 aromatic carbocycles. The summed E-state index contributed by atoms with van der Waals surface area (Å²) in [6, 6.07) is 8.77. The number of nitrogens with one attached hydrogen (secondary N) is 1. The molecule has 2 atom stereocenters. The molecule has 0 bridgehead atoms. The topological polar surface area (TPSA) is 167 Å². The third-order valence-electron chi connectivity index (χ3n) is 10.1. The number of aliphatic hydroxyl groups is 1. The molecule has 4 heterocycles. The number of aromatic hydroxyl groups is 1. The molecule has 1 aliphatic heterocycles. The van der Waals surface area contributed by atoms with Crippen molar-refractivity contribution in [3.63, 3.8) is 0 Å². The number of amides is 2. The predicted molar refractivity (Wildman–Crippen MR) is 192 cm³/mol. The number of hydrogen-bond acceptors (Lipinski definition) is 10. The summed E-state index contributed by atoms with van der Waals surface area (Å²) >= 11 is 6.13. The molecular weight excluding hydrogens is 731 g/mol. The van der Waals surface area contributed by atoms with Crippen LogP contribution in [0.15, 0.2) is 58.0 Å². The highest BCUT2D eigenvalue weighted by atomic mass is 35.5. The zero-order valence-corrected chi connectivity index (χ0v) is 30.3. The van der Waals surface area contributed by atoms with Crippen molar-refractivity contribution in [2.24, 2.45) is 0 Å². The molecular formula is C37H35ClF3N7O6. The fraction of sp³-hybridized carbons (Fsp3) is 0.351. The minimum absolute atomic E-state index is 0.0411. The van der Waals surface area contributed by atoms with E-state index in [1.165, 1.54) is 10.9 Å². The van der Waals surface area contributed by atoms with E-state index in [0.717, 1.165) is 18.2 Å². The lowest BCUT2D eigenvalue weighted by atomic mass is 9.81. The van der Waals surface area contributed by atoms with Gasteiger partial charge in [0.15, 0.2) is 17.1 Å². The Hall–Kier alpha value is -5.48. The van der Waals surface area contributed by atoms with Crippen LogP contribution in [0.4, 0.5) is 24.5 Å². The van der Waals surface area contributed by atoms with Gasteiger partial charge >= 0.3 is 6.18 Å². The number of hydrogen-bond donors (Lipinski definition) is 3. The summed E-state index contributed by atoms with van der Waals surface area (Å²) in [7, 11) is 0. The van der Waals surface area contributed by atoms with E-state index in [1.54, 1.807) is 56.9 Å². The van der Waals surface area contributed by atoms with Crippen LogP contribution in [-0.2, 0) is 23.1 Å². The number of halogens is 4. The second kappa shape index (κ2) is 13.4. The van der Waals surface area contributed by atoms with Crippen molar-refractivity contribution in [3.05, 3.63) is 92.2 Å². The number of aryl methyl sites for hydroxylation is 1. The summed E-state index contributed by atoms with van der Waals surface area (Å²) in [6.45, 7) is 6.52. The van der Waals surface area contributed by atoms with Gasteiger partial charge in [0.2, 0.25) is 22.8 Å². The number of nitrogens with zero attached hydrogens (tertiary/aromatic N) is 6. The zero-order chi connectivity index (χ0) is 38.9. The van der Waals surface area contributed by atoms with Gasteiger partial charge in [-0.1, -0.05) is 23.7 Å². The van der Waals surface area contributed by atoms with E-state index in [1.807, 2.05) is 4.90 Å². The average molecular weight is 766 g/mol. The summed E-state index contributed by atoms with van der Waals surface area (Å²) < 4.78 is 47.4. The van der Waals surface area contributed by atoms with Gasteiger partial charge < -0.3 is 34.3 Å². The van der Waals surface area contributed by atoms with E-state index in [-0.39, 0.29) is 75.8 Å². The summed E-state index contributed by atoms with van der Waals surface area (Å²) in [5.74, 6) is -1.33. The fourth-order valence-electron chi connectivity index (χ4n) is 7.03. The first-order chi connectivity index (χ1) is 25.4. The first-order valence-corrected chi connectivity index (χ1v) is 17.4. The molecule has 5 aromatic rings. The van der Waals surface area contributed by atoms with Gasteiger partial charge in [0.1, 0.15) is 18.6 Å². The highest BCUT2D eigenvalue weighted by Gasteiger charge is 2.47. The molecule has 2 fully saturated rings.